The fourth-order valence-electron chi connectivity index (χ4n) is 0.297. The fraction of sp³-hybridized carbons (Fsp3) is 0.600. The third-order valence-corrected chi connectivity index (χ3v) is 1.54. The van der Waals surface area contributed by atoms with Crippen molar-refractivity contribution in [2.45, 2.75) is 6.42 Å². The highest BCUT2D eigenvalue weighted by Gasteiger charge is 1.84. The summed E-state index contributed by atoms with van der Waals surface area (Å²) in [6.07, 6.45) is 2.08. The van der Waals surface area contributed by atoms with Crippen molar-refractivity contribution in [2.75, 3.05) is 11.6 Å². The zero-order valence-electron chi connectivity index (χ0n) is 5.00. The molecular weight excluding hydrogens is 138 g/mol. The van der Waals surface area contributed by atoms with Gasteiger partial charge in [0.1, 0.15) is 6.29 Å². The van der Waals surface area contributed by atoms with Crippen molar-refractivity contribution in [3.05, 3.63) is 0 Å². The van der Waals surface area contributed by atoms with Gasteiger partial charge in [0.25, 0.3) is 0 Å². The molecule has 3 nitrogen and oxygen atoms in total. The highest BCUT2D eigenvalue weighted by molar-refractivity contribution is 7.99. The minimum atomic E-state index is 0.561. The predicted molar refractivity (Wildman–Crippen MR) is 37.2 cm³/mol. The lowest BCUT2D eigenvalue weighted by atomic mass is 10.6. The topological polar surface area (TPSA) is 46.2 Å². The molecule has 1 amide bonds. The Kier molecular flexibility index (Phi) is 7.07. The molecule has 0 aliphatic rings. The van der Waals surface area contributed by atoms with Crippen LogP contribution >= 0.6 is 11.8 Å². The number of rotatable bonds is 6. The van der Waals surface area contributed by atoms with Gasteiger partial charge in [-0.1, -0.05) is 0 Å². The van der Waals surface area contributed by atoms with Gasteiger partial charge in [-0.25, -0.2) is 0 Å². The number of thioether (sulfide) groups is 1. The van der Waals surface area contributed by atoms with Crippen molar-refractivity contribution in [2.24, 2.45) is 0 Å². The number of carbonyl (C=O) groups is 2. The Labute approximate surface area is 58.2 Å². The summed E-state index contributed by atoms with van der Waals surface area (Å²) >= 11 is 1.53. The second-order valence-electron chi connectivity index (χ2n) is 1.33. The molecule has 52 valence electrons. The highest BCUT2D eigenvalue weighted by Crippen LogP contribution is 1.96. The third-order valence-electron chi connectivity index (χ3n) is 0.649. The number of amides is 1. The summed E-state index contributed by atoms with van der Waals surface area (Å²) in [5, 5.41) is 2.47. The van der Waals surface area contributed by atoms with Crippen molar-refractivity contribution >= 4 is 24.5 Å². The van der Waals surface area contributed by atoms with E-state index in [1.165, 1.54) is 11.8 Å². The molecule has 0 aromatic heterocycles. The smallest absolute Gasteiger partial charge is 0.207 e. The van der Waals surface area contributed by atoms with Gasteiger partial charge in [-0.15, -0.1) is 11.8 Å². The lowest BCUT2D eigenvalue weighted by Gasteiger charge is -1.93. The molecule has 9 heavy (non-hydrogen) atoms. The van der Waals surface area contributed by atoms with Crippen molar-refractivity contribution in [1.82, 2.24) is 5.32 Å². The molecule has 0 saturated heterocycles. The second kappa shape index (κ2) is 7.49. The van der Waals surface area contributed by atoms with E-state index in [0.717, 1.165) is 12.0 Å². The van der Waals surface area contributed by atoms with Crippen LogP contribution in [-0.2, 0) is 9.59 Å². The molecule has 0 saturated carbocycles. The van der Waals surface area contributed by atoms with Crippen molar-refractivity contribution in [3.8, 4) is 0 Å². The Balaban J connectivity index is 2.74. The first kappa shape index (κ1) is 8.49. The minimum Gasteiger partial charge on any atom is -0.350 e. The number of aldehydes is 1. The van der Waals surface area contributed by atoms with E-state index in [1.807, 2.05) is 0 Å². The van der Waals surface area contributed by atoms with Crippen LogP contribution in [-0.4, -0.2) is 24.3 Å². The van der Waals surface area contributed by atoms with E-state index in [-0.39, 0.29) is 0 Å². The molecule has 0 fully saturated rings. The first-order valence-corrected chi connectivity index (χ1v) is 3.75. The Morgan fingerprint density at radius 3 is 2.78 bits per heavy atom. The largest absolute Gasteiger partial charge is 0.350 e. The van der Waals surface area contributed by atoms with Crippen molar-refractivity contribution < 1.29 is 9.59 Å². The molecule has 0 aromatic carbocycles. The zero-order valence-corrected chi connectivity index (χ0v) is 5.82. The van der Waals surface area contributed by atoms with Crippen LogP contribution in [0.2, 0.25) is 0 Å². The standard InChI is InChI=1S/C5H9NO2S/c7-2-1-3-9-5-6-4-8/h2,4H,1,3,5H2,(H,6,8). The molecule has 0 bridgehead atoms. The quantitative estimate of drug-likeness (QED) is 0.327. The average Bonchev–Trinajstić information content (AvgIpc) is 1.89. The van der Waals surface area contributed by atoms with Crippen LogP contribution in [0.25, 0.3) is 0 Å². The molecule has 0 aromatic rings. The van der Waals surface area contributed by atoms with Crippen molar-refractivity contribution in [3.63, 3.8) is 0 Å². The Bertz CT molecular complexity index is 77.0. The van der Waals surface area contributed by atoms with Gasteiger partial charge < -0.3 is 10.1 Å². The van der Waals surface area contributed by atoms with Crippen LogP contribution in [0.1, 0.15) is 6.42 Å². The molecule has 0 aliphatic heterocycles. The number of hydrogen-bond acceptors (Lipinski definition) is 3. The summed E-state index contributed by atoms with van der Waals surface area (Å²) in [6, 6.07) is 0. The summed E-state index contributed by atoms with van der Waals surface area (Å²) in [6.45, 7) is 0. The van der Waals surface area contributed by atoms with Gasteiger partial charge >= 0.3 is 0 Å². The van der Waals surface area contributed by atoms with Gasteiger partial charge in [-0.2, -0.15) is 0 Å². The summed E-state index contributed by atoms with van der Waals surface area (Å²) in [4.78, 5) is 19.4. The molecule has 0 unspecified atom stereocenters. The first-order chi connectivity index (χ1) is 4.41. The third kappa shape index (κ3) is 7.49. The summed E-state index contributed by atoms with van der Waals surface area (Å²) in [7, 11) is 0. The minimum absolute atomic E-state index is 0.561. The monoisotopic (exact) mass is 147 g/mol. The van der Waals surface area contributed by atoms with Gasteiger partial charge in [-0.05, 0) is 0 Å². The molecule has 1 N–H and O–H groups in total. The lowest BCUT2D eigenvalue weighted by Crippen LogP contribution is -2.09. The van der Waals surface area contributed by atoms with E-state index in [4.69, 9.17) is 0 Å². The van der Waals surface area contributed by atoms with Crippen LogP contribution in [0.4, 0.5) is 0 Å². The molecule has 0 spiro atoms. The zero-order chi connectivity index (χ0) is 6.95. The fourth-order valence-corrected chi connectivity index (χ4v) is 0.890. The number of nitrogens with one attached hydrogen (secondary N) is 1. The van der Waals surface area contributed by atoms with Crippen LogP contribution in [0.15, 0.2) is 0 Å². The predicted octanol–water partition coefficient (Wildman–Crippen LogP) is 0.0121. The SMILES string of the molecule is O=CCCSCNC=O. The maximum Gasteiger partial charge on any atom is 0.207 e. The molecule has 0 aliphatic carbocycles. The second-order valence-corrected chi connectivity index (χ2v) is 2.44. The number of hydrogen-bond donors (Lipinski definition) is 1. The maximum absolute atomic E-state index is 9.73. The lowest BCUT2D eigenvalue weighted by molar-refractivity contribution is -0.109. The van der Waals surface area contributed by atoms with E-state index in [0.29, 0.717) is 18.7 Å². The van der Waals surface area contributed by atoms with Crippen LogP contribution in [0.5, 0.6) is 0 Å². The molecule has 0 atom stereocenters. The number of carbonyl (C=O) groups excluding carboxylic acids is 2. The van der Waals surface area contributed by atoms with E-state index >= 15 is 0 Å². The van der Waals surface area contributed by atoms with Crippen LogP contribution < -0.4 is 5.32 Å². The molecular formula is C5H9NO2S. The first-order valence-electron chi connectivity index (χ1n) is 2.60. The van der Waals surface area contributed by atoms with Gasteiger partial charge in [0.2, 0.25) is 6.41 Å². The van der Waals surface area contributed by atoms with Crippen LogP contribution in [0, 0.1) is 0 Å². The van der Waals surface area contributed by atoms with Gasteiger partial charge in [0.15, 0.2) is 0 Å². The summed E-state index contributed by atoms with van der Waals surface area (Å²) in [5.74, 6) is 1.38. The van der Waals surface area contributed by atoms with Crippen LogP contribution in [0.3, 0.4) is 0 Å². The molecule has 4 heteroatoms. The van der Waals surface area contributed by atoms with E-state index < -0.39 is 0 Å². The highest BCUT2D eigenvalue weighted by atomic mass is 32.2. The van der Waals surface area contributed by atoms with Gasteiger partial charge in [-0.3, -0.25) is 4.79 Å². The average molecular weight is 147 g/mol. The molecule has 0 radical (unpaired) electrons. The summed E-state index contributed by atoms with van der Waals surface area (Å²) in [5.41, 5.74) is 0. The van der Waals surface area contributed by atoms with Crippen molar-refractivity contribution in [1.29, 1.82) is 0 Å². The maximum atomic E-state index is 9.73. The van der Waals surface area contributed by atoms with Gasteiger partial charge in [0.05, 0.1) is 5.88 Å². The van der Waals surface area contributed by atoms with Gasteiger partial charge in [0, 0.05) is 12.2 Å². The Morgan fingerprint density at radius 1 is 1.44 bits per heavy atom. The van der Waals surface area contributed by atoms with E-state index in [1.54, 1.807) is 0 Å². The molecule has 0 heterocycles. The normalized spacial score (nSPS) is 8.44. The molecule has 0 rings (SSSR count). The Morgan fingerprint density at radius 2 is 2.22 bits per heavy atom. The van der Waals surface area contributed by atoms with E-state index in [9.17, 15) is 9.59 Å². The summed E-state index contributed by atoms with van der Waals surface area (Å²) < 4.78 is 0. The van der Waals surface area contributed by atoms with E-state index in [2.05, 4.69) is 5.32 Å². The Hall–Kier alpha value is -0.510.